The van der Waals surface area contributed by atoms with E-state index in [9.17, 15) is 0 Å². The van der Waals surface area contributed by atoms with Crippen molar-refractivity contribution >= 4 is 17.8 Å². The third-order valence-corrected chi connectivity index (χ3v) is 0.687. The molecule has 0 amide bonds. The van der Waals surface area contributed by atoms with Crippen LogP contribution in [-0.4, -0.2) is 15.0 Å². The Balaban J connectivity index is 0. The molecule has 0 bridgehead atoms. The zero-order valence-corrected chi connectivity index (χ0v) is 7.70. The molecule has 0 radical (unpaired) electrons. The minimum absolute atomic E-state index is 0. The Morgan fingerprint density at radius 2 is 0.909 bits per heavy atom. The van der Waals surface area contributed by atoms with E-state index < -0.39 is 0 Å². The predicted molar refractivity (Wildman–Crippen MR) is 38.1 cm³/mol. The van der Waals surface area contributed by atoms with Crippen molar-refractivity contribution in [2.24, 2.45) is 0 Å². The summed E-state index contributed by atoms with van der Waals surface area (Å²) in [7, 11) is 0. The van der Waals surface area contributed by atoms with Gasteiger partial charge >= 0.3 is 21.1 Å². The molecular weight excluding hydrogens is 230 g/mol. The molecule has 9 N–H and O–H groups in total. The largest absolute Gasteiger partial charge is 4.00 e. The normalized spacial score (nSPS) is 7.64. The molecule has 7 nitrogen and oxygen atoms in total. The van der Waals surface area contributed by atoms with Crippen LogP contribution in [0, 0.1) is 0 Å². The van der Waals surface area contributed by atoms with E-state index in [1.807, 2.05) is 0 Å². The molecule has 0 saturated carbocycles. The summed E-state index contributed by atoms with van der Waals surface area (Å²) in [5.41, 5.74) is 15.4. The third kappa shape index (κ3) is 3.69. The van der Waals surface area contributed by atoms with Crippen LogP contribution in [0.25, 0.3) is 0 Å². The van der Waals surface area contributed by atoms with Crippen LogP contribution in [0.3, 0.4) is 0 Å². The van der Waals surface area contributed by atoms with Crippen molar-refractivity contribution in [3.05, 3.63) is 0 Å². The number of nitrogens with two attached hydrogens (primary N) is 3. The van der Waals surface area contributed by atoms with E-state index in [0.29, 0.717) is 0 Å². The molecule has 0 saturated heterocycles. The molecule has 0 atom stereocenters. The first kappa shape index (κ1) is 12.7. The van der Waals surface area contributed by atoms with Crippen LogP contribution in [0.15, 0.2) is 0 Å². The molecule has 8 heteroatoms. The van der Waals surface area contributed by atoms with Gasteiger partial charge in [0.2, 0.25) is 17.8 Å². The molecule has 0 spiro atoms. The summed E-state index contributed by atoms with van der Waals surface area (Å²) in [6, 6.07) is 0. The quantitative estimate of drug-likeness (QED) is 0.414. The van der Waals surface area contributed by atoms with Crippen LogP contribution in [0.2, 0.25) is 0 Å². The first-order valence-electron chi connectivity index (χ1n) is 2.21. The van der Waals surface area contributed by atoms with Gasteiger partial charge in [-0.15, -0.1) is 0 Å². The van der Waals surface area contributed by atoms with E-state index in [2.05, 4.69) is 15.0 Å². The van der Waals surface area contributed by atoms with Gasteiger partial charge in [-0.1, -0.05) is 0 Å². The van der Waals surface area contributed by atoms with Crippen molar-refractivity contribution in [1.82, 2.24) is 21.1 Å². The maximum absolute atomic E-state index is 5.14. The number of hydrogen-bond donors (Lipinski definition) is 4. The summed E-state index contributed by atoms with van der Waals surface area (Å²) in [5, 5.41) is 0. The molecule has 0 aliphatic carbocycles. The second kappa shape index (κ2) is 4.81. The molecular formula is C3H9MoN7+4. The SMILES string of the molecule is N.Nc1nc(N)nc(N)n1.[Mo+4]. The Morgan fingerprint density at radius 3 is 1.09 bits per heavy atom. The summed E-state index contributed by atoms with van der Waals surface area (Å²) >= 11 is 0. The Kier molecular flexibility index (Phi) is 5.56. The molecule has 0 aliphatic heterocycles. The third-order valence-electron chi connectivity index (χ3n) is 0.687. The van der Waals surface area contributed by atoms with Crippen LogP contribution in [0.5, 0.6) is 0 Å². The predicted octanol–water partition coefficient (Wildman–Crippen LogP) is -1.22. The molecule has 11 heavy (non-hydrogen) atoms. The summed E-state index contributed by atoms with van der Waals surface area (Å²) in [5.74, 6) is 0.125. The van der Waals surface area contributed by atoms with Crippen LogP contribution in [-0.2, 0) is 21.1 Å². The number of rotatable bonds is 0. The van der Waals surface area contributed by atoms with E-state index in [-0.39, 0.29) is 45.1 Å². The van der Waals surface area contributed by atoms with E-state index >= 15 is 0 Å². The molecule has 1 rings (SSSR count). The van der Waals surface area contributed by atoms with E-state index in [1.165, 1.54) is 0 Å². The molecule has 0 unspecified atom stereocenters. The summed E-state index contributed by atoms with van der Waals surface area (Å²) in [6.45, 7) is 0. The smallest absolute Gasteiger partial charge is 0.368 e. The van der Waals surface area contributed by atoms with Gasteiger partial charge in [-0.25, -0.2) is 0 Å². The Hall–Kier alpha value is -0.942. The fourth-order valence-corrected chi connectivity index (χ4v) is 0.427. The van der Waals surface area contributed by atoms with Crippen molar-refractivity contribution in [3.8, 4) is 0 Å². The number of nitrogen functional groups attached to an aromatic ring is 3. The molecule has 0 aromatic carbocycles. The van der Waals surface area contributed by atoms with Gasteiger partial charge in [-0.05, 0) is 0 Å². The van der Waals surface area contributed by atoms with E-state index in [0.717, 1.165) is 0 Å². The first-order chi connectivity index (χ1) is 4.18. The molecule has 1 heterocycles. The van der Waals surface area contributed by atoms with Gasteiger partial charge in [0, 0.05) is 0 Å². The Bertz CT molecular complexity index is 174. The zero-order valence-electron chi connectivity index (χ0n) is 5.69. The second-order valence-corrected chi connectivity index (χ2v) is 1.41. The fraction of sp³-hybridized carbons (Fsp3) is 0. The van der Waals surface area contributed by atoms with Crippen LogP contribution < -0.4 is 23.4 Å². The van der Waals surface area contributed by atoms with Crippen LogP contribution in [0.1, 0.15) is 0 Å². The zero-order chi connectivity index (χ0) is 6.85. The van der Waals surface area contributed by atoms with Crippen molar-refractivity contribution in [2.75, 3.05) is 17.2 Å². The van der Waals surface area contributed by atoms with Gasteiger partial charge in [-0.2, -0.15) is 15.0 Å². The van der Waals surface area contributed by atoms with Gasteiger partial charge in [0.25, 0.3) is 0 Å². The maximum Gasteiger partial charge on any atom is 4.00 e. The fourth-order valence-electron chi connectivity index (χ4n) is 0.427. The molecule has 0 aliphatic rings. The topological polar surface area (TPSA) is 152 Å². The minimum Gasteiger partial charge on any atom is -0.368 e. The average molecular weight is 239 g/mol. The number of nitrogens with zero attached hydrogens (tertiary/aromatic N) is 3. The van der Waals surface area contributed by atoms with E-state index in [1.54, 1.807) is 0 Å². The standard InChI is InChI=1S/C3H6N6.Mo.H3N/c4-1-7-2(5)9-3(6)8-1;;/h(H6,4,5,6,7,8,9);;1H3/q;+4;. The maximum atomic E-state index is 5.14. The molecule has 0 fully saturated rings. The van der Waals surface area contributed by atoms with Crippen molar-refractivity contribution < 1.29 is 21.1 Å². The van der Waals surface area contributed by atoms with Gasteiger partial charge in [0.1, 0.15) is 0 Å². The van der Waals surface area contributed by atoms with Gasteiger partial charge in [-0.3, -0.25) is 0 Å². The van der Waals surface area contributed by atoms with Crippen molar-refractivity contribution in [1.29, 1.82) is 0 Å². The minimum atomic E-state index is 0. The van der Waals surface area contributed by atoms with Gasteiger partial charge in [0.15, 0.2) is 0 Å². The van der Waals surface area contributed by atoms with Gasteiger partial charge in [0.05, 0.1) is 0 Å². The monoisotopic (exact) mass is 241 g/mol. The van der Waals surface area contributed by atoms with Crippen LogP contribution >= 0.6 is 0 Å². The second-order valence-electron chi connectivity index (χ2n) is 1.41. The molecule has 1 aromatic rings. The van der Waals surface area contributed by atoms with Gasteiger partial charge < -0.3 is 23.4 Å². The summed E-state index contributed by atoms with van der Waals surface area (Å²) in [4.78, 5) is 10.5. The van der Waals surface area contributed by atoms with Crippen molar-refractivity contribution in [3.63, 3.8) is 0 Å². The van der Waals surface area contributed by atoms with Crippen molar-refractivity contribution in [2.45, 2.75) is 0 Å². The molecule has 58 valence electrons. The summed E-state index contributed by atoms with van der Waals surface area (Å²) in [6.07, 6.45) is 0. The van der Waals surface area contributed by atoms with Crippen LogP contribution in [0.4, 0.5) is 17.8 Å². The summed E-state index contributed by atoms with van der Waals surface area (Å²) < 4.78 is 0. The van der Waals surface area contributed by atoms with E-state index in [4.69, 9.17) is 17.2 Å². The number of anilines is 3. The Morgan fingerprint density at radius 1 is 0.727 bits per heavy atom. The average Bonchev–Trinajstić information content (AvgIpc) is 1.59. The Labute approximate surface area is 77.6 Å². The molecule has 1 aromatic heterocycles. The number of aromatic nitrogens is 3. The first-order valence-corrected chi connectivity index (χ1v) is 2.21. The number of hydrogen-bond acceptors (Lipinski definition) is 7.